The Bertz CT molecular complexity index is 284. The lowest BCUT2D eigenvalue weighted by Crippen LogP contribution is -2.27. The molecule has 1 N–H and O–H groups in total. The molecule has 0 amide bonds. The summed E-state index contributed by atoms with van der Waals surface area (Å²) in [6.07, 6.45) is 3.27. The molecule has 3 unspecified atom stereocenters. The van der Waals surface area contributed by atoms with Gasteiger partial charge in [0.1, 0.15) is 0 Å². The van der Waals surface area contributed by atoms with E-state index in [-0.39, 0.29) is 12.0 Å². The van der Waals surface area contributed by atoms with Gasteiger partial charge in [0.05, 0.1) is 6.10 Å². The maximum atomic E-state index is 10.2. The molecule has 0 bridgehead atoms. The molecule has 15 heavy (non-hydrogen) atoms. The Balaban J connectivity index is 2.73. The minimum Gasteiger partial charge on any atom is -0.392 e. The fraction of sp³-hybridized carbons (Fsp3) is 0.615. The number of nitrogens with zero attached hydrogens (tertiary/aromatic N) is 1. The van der Waals surface area contributed by atoms with Crippen LogP contribution in [0.15, 0.2) is 24.5 Å². The minimum absolute atomic E-state index is 0.172. The topological polar surface area (TPSA) is 33.1 Å². The Morgan fingerprint density at radius 3 is 2.07 bits per heavy atom. The van der Waals surface area contributed by atoms with E-state index in [1.807, 2.05) is 12.1 Å². The highest BCUT2D eigenvalue weighted by atomic mass is 16.3. The highest BCUT2D eigenvalue weighted by Crippen LogP contribution is 2.27. The smallest absolute Gasteiger partial charge is 0.0634 e. The summed E-state index contributed by atoms with van der Waals surface area (Å²) < 4.78 is 0. The number of pyridine rings is 1. The van der Waals surface area contributed by atoms with Gasteiger partial charge in [-0.05, 0) is 29.5 Å². The van der Waals surface area contributed by atoms with E-state index in [0.29, 0.717) is 11.8 Å². The summed E-state index contributed by atoms with van der Waals surface area (Å²) in [5, 5.41) is 10.2. The van der Waals surface area contributed by atoms with Gasteiger partial charge in [-0.15, -0.1) is 0 Å². The molecular weight excluding hydrogens is 186 g/mol. The van der Waals surface area contributed by atoms with Crippen LogP contribution in [0.2, 0.25) is 0 Å². The Hall–Kier alpha value is -0.890. The number of aliphatic hydroxyl groups is 1. The van der Waals surface area contributed by atoms with Crippen molar-refractivity contribution >= 4 is 0 Å². The molecule has 0 aliphatic rings. The fourth-order valence-corrected chi connectivity index (χ4v) is 1.71. The minimum atomic E-state index is -0.285. The summed E-state index contributed by atoms with van der Waals surface area (Å²) in [5.74, 6) is 0.989. The molecule has 0 aliphatic carbocycles. The molecule has 0 radical (unpaired) electrons. The van der Waals surface area contributed by atoms with E-state index >= 15 is 0 Å². The van der Waals surface area contributed by atoms with E-state index in [0.717, 1.165) is 5.56 Å². The third kappa shape index (κ3) is 3.03. The lowest BCUT2D eigenvalue weighted by Gasteiger charge is -2.27. The van der Waals surface area contributed by atoms with E-state index in [4.69, 9.17) is 0 Å². The fourth-order valence-electron chi connectivity index (χ4n) is 1.71. The monoisotopic (exact) mass is 207 g/mol. The van der Waals surface area contributed by atoms with Gasteiger partial charge in [0.15, 0.2) is 0 Å². The van der Waals surface area contributed by atoms with Gasteiger partial charge in [-0.3, -0.25) is 4.98 Å². The molecule has 2 nitrogen and oxygen atoms in total. The Morgan fingerprint density at radius 1 is 1.07 bits per heavy atom. The average molecular weight is 207 g/mol. The van der Waals surface area contributed by atoms with Crippen molar-refractivity contribution in [3.05, 3.63) is 30.1 Å². The van der Waals surface area contributed by atoms with Gasteiger partial charge >= 0.3 is 0 Å². The van der Waals surface area contributed by atoms with Crippen LogP contribution in [0, 0.1) is 11.8 Å². The van der Waals surface area contributed by atoms with E-state index in [1.54, 1.807) is 12.4 Å². The van der Waals surface area contributed by atoms with Crippen LogP contribution in [-0.2, 0) is 0 Å². The Labute approximate surface area is 92.4 Å². The SMILES string of the molecule is CC(C)C(C)C(O)C(C)c1ccncc1. The zero-order valence-electron chi connectivity index (χ0n) is 10.0. The summed E-state index contributed by atoms with van der Waals surface area (Å²) >= 11 is 0. The zero-order valence-corrected chi connectivity index (χ0v) is 10.0. The number of aliphatic hydroxyl groups excluding tert-OH is 1. The molecule has 0 saturated heterocycles. The first kappa shape index (κ1) is 12.2. The number of hydrogen-bond acceptors (Lipinski definition) is 2. The van der Waals surface area contributed by atoms with Crippen molar-refractivity contribution < 1.29 is 5.11 Å². The van der Waals surface area contributed by atoms with Crippen LogP contribution in [0.5, 0.6) is 0 Å². The predicted octanol–water partition coefficient (Wildman–Crippen LogP) is 2.84. The first-order valence-corrected chi connectivity index (χ1v) is 5.62. The van der Waals surface area contributed by atoms with Crippen molar-refractivity contribution in [2.75, 3.05) is 0 Å². The van der Waals surface area contributed by atoms with Crippen LogP contribution in [0.25, 0.3) is 0 Å². The molecule has 1 aromatic rings. The standard InChI is InChI=1S/C13H21NO/c1-9(2)10(3)13(15)11(4)12-5-7-14-8-6-12/h5-11,13,15H,1-4H3. The molecular formula is C13H21NO. The number of aromatic nitrogens is 1. The Kier molecular flexibility index (Phi) is 4.28. The second-order valence-corrected chi connectivity index (χ2v) is 4.66. The molecule has 2 heteroatoms. The van der Waals surface area contributed by atoms with Gasteiger partial charge in [0, 0.05) is 18.3 Å². The van der Waals surface area contributed by atoms with Gasteiger partial charge in [0.25, 0.3) is 0 Å². The van der Waals surface area contributed by atoms with E-state index in [2.05, 4.69) is 32.7 Å². The third-order valence-electron chi connectivity index (χ3n) is 3.33. The maximum Gasteiger partial charge on any atom is 0.0634 e. The number of hydrogen-bond donors (Lipinski definition) is 1. The quantitative estimate of drug-likeness (QED) is 0.823. The summed E-state index contributed by atoms with van der Waals surface area (Å²) in [6.45, 7) is 8.46. The van der Waals surface area contributed by atoms with Crippen molar-refractivity contribution in [1.29, 1.82) is 0 Å². The molecule has 0 fully saturated rings. The highest BCUT2D eigenvalue weighted by Gasteiger charge is 2.24. The van der Waals surface area contributed by atoms with Crippen LogP contribution >= 0.6 is 0 Å². The van der Waals surface area contributed by atoms with Crippen LogP contribution in [0.3, 0.4) is 0 Å². The van der Waals surface area contributed by atoms with Gasteiger partial charge in [-0.2, -0.15) is 0 Å². The molecule has 0 spiro atoms. The summed E-state index contributed by atoms with van der Waals surface area (Å²) in [6, 6.07) is 3.95. The molecule has 1 aromatic heterocycles. The maximum absolute atomic E-state index is 10.2. The normalized spacial score (nSPS) is 17.5. The molecule has 0 aromatic carbocycles. The second-order valence-electron chi connectivity index (χ2n) is 4.66. The lowest BCUT2D eigenvalue weighted by atomic mass is 9.83. The highest BCUT2D eigenvalue weighted by molar-refractivity contribution is 5.16. The molecule has 1 rings (SSSR count). The van der Waals surface area contributed by atoms with E-state index in [9.17, 15) is 5.11 Å². The van der Waals surface area contributed by atoms with Gasteiger partial charge in [-0.25, -0.2) is 0 Å². The largest absolute Gasteiger partial charge is 0.392 e. The van der Waals surface area contributed by atoms with Crippen molar-refractivity contribution in [2.45, 2.75) is 39.7 Å². The molecule has 0 aliphatic heterocycles. The number of rotatable bonds is 4. The zero-order chi connectivity index (χ0) is 11.4. The van der Waals surface area contributed by atoms with Gasteiger partial charge < -0.3 is 5.11 Å². The van der Waals surface area contributed by atoms with E-state index in [1.165, 1.54) is 0 Å². The summed E-state index contributed by atoms with van der Waals surface area (Å²) in [7, 11) is 0. The third-order valence-corrected chi connectivity index (χ3v) is 3.33. The van der Waals surface area contributed by atoms with Crippen molar-refractivity contribution in [1.82, 2.24) is 4.98 Å². The molecule has 0 saturated carbocycles. The van der Waals surface area contributed by atoms with Crippen molar-refractivity contribution in [3.8, 4) is 0 Å². The average Bonchev–Trinajstić information content (AvgIpc) is 2.27. The van der Waals surface area contributed by atoms with Crippen LogP contribution in [0.4, 0.5) is 0 Å². The Morgan fingerprint density at radius 2 is 1.60 bits per heavy atom. The van der Waals surface area contributed by atoms with Crippen LogP contribution in [0.1, 0.15) is 39.2 Å². The second kappa shape index (κ2) is 5.26. The summed E-state index contributed by atoms with van der Waals surface area (Å²) in [5.41, 5.74) is 1.16. The molecule has 1 heterocycles. The van der Waals surface area contributed by atoms with Crippen molar-refractivity contribution in [3.63, 3.8) is 0 Å². The van der Waals surface area contributed by atoms with Crippen LogP contribution in [-0.4, -0.2) is 16.2 Å². The van der Waals surface area contributed by atoms with E-state index < -0.39 is 0 Å². The summed E-state index contributed by atoms with van der Waals surface area (Å²) in [4.78, 5) is 3.99. The van der Waals surface area contributed by atoms with Gasteiger partial charge in [-0.1, -0.05) is 27.7 Å². The van der Waals surface area contributed by atoms with Gasteiger partial charge in [0.2, 0.25) is 0 Å². The predicted molar refractivity (Wildman–Crippen MR) is 62.7 cm³/mol. The lowest BCUT2D eigenvalue weighted by molar-refractivity contribution is 0.0713. The van der Waals surface area contributed by atoms with Crippen molar-refractivity contribution in [2.24, 2.45) is 11.8 Å². The molecule has 84 valence electrons. The first-order valence-electron chi connectivity index (χ1n) is 5.62. The first-order chi connectivity index (χ1) is 7.04. The molecule has 3 atom stereocenters. The van der Waals surface area contributed by atoms with Crippen LogP contribution < -0.4 is 0 Å².